The molecule has 0 amide bonds. The van der Waals surface area contributed by atoms with E-state index in [1.807, 2.05) is 6.92 Å². The van der Waals surface area contributed by atoms with E-state index in [1.165, 1.54) is 6.07 Å². The minimum atomic E-state index is 0.0998. The Morgan fingerprint density at radius 2 is 1.67 bits per heavy atom. The third-order valence-electron chi connectivity index (χ3n) is 2.57. The highest BCUT2D eigenvalue weighted by molar-refractivity contribution is 5.37. The van der Waals surface area contributed by atoms with Crippen molar-refractivity contribution in [2.45, 2.75) is 39.3 Å². The molecule has 0 saturated carbocycles. The molecule has 3 heteroatoms. The van der Waals surface area contributed by atoms with Gasteiger partial charge < -0.3 is 15.5 Å². The minimum Gasteiger partial charge on any atom is -0.508 e. The molecule has 1 aromatic rings. The first-order valence-electron chi connectivity index (χ1n) is 5.32. The summed E-state index contributed by atoms with van der Waals surface area (Å²) in [5.74, 6) is 0.200. The molecule has 0 radical (unpaired) electrons. The number of hydrogen-bond donors (Lipinski definition) is 3. The number of rotatable bonds is 4. The van der Waals surface area contributed by atoms with Crippen LogP contribution in [0.15, 0.2) is 18.2 Å². The molecule has 0 aromatic heterocycles. The van der Waals surface area contributed by atoms with Gasteiger partial charge >= 0.3 is 0 Å². The van der Waals surface area contributed by atoms with E-state index < -0.39 is 0 Å². The van der Waals surface area contributed by atoms with Crippen molar-refractivity contribution in [3.8, 4) is 11.5 Å². The zero-order chi connectivity index (χ0) is 11.4. The van der Waals surface area contributed by atoms with Gasteiger partial charge in [0, 0.05) is 18.2 Å². The normalized spacial score (nSPS) is 14.9. The molecular weight excluding hydrogens is 190 g/mol. The summed E-state index contributed by atoms with van der Waals surface area (Å²) in [5.41, 5.74) is 0.896. The standard InChI is InChI=1S/C12H19NO2/c1-4-8(2)13-9(3)10-5-11(14)7-12(15)6-10/h5-9,13-15H,4H2,1-3H3. The molecule has 3 N–H and O–H groups in total. The maximum absolute atomic E-state index is 9.35. The van der Waals surface area contributed by atoms with Crippen molar-refractivity contribution in [2.24, 2.45) is 0 Å². The van der Waals surface area contributed by atoms with Crippen molar-refractivity contribution in [3.63, 3.8) is 0 Å². The summed E-state index contributed by atoms with van der Waals surface area (Å²) in [7, 11) is 0. The lowest BCUT2D eigenvalue weighted by molar-refractivity contribution is 0.438. The molecule has 2 atom stereocenters. The minimum absolute atomic E-state index is 0.0998. The van der Waals surface area contributed by atoms with Crippen LogP contribution in [-0.4, -0.2) is 16.3 Å². The summed E-state index contributed by atoms with van der Waals surface area (Å²) >= 11 is 0. The highest BCUT2D eigenvalue weighted by Gasteiger charge is 2.09. The predicted octanol–water partition coefficient (Wildman–Crippen LogP) is 2.55. The Morgan fingerprint density at radius 3 is 2.13 bits per heavy atom. The average Bonchev–Trinajstić information content (AvgIpc) is 2.16. The molecule has 0 aliphatic carbocycles. The van der Waals surface area contributed by atoms with Gasteiger partial charge in [-0.25, -0.2) is 0 Å². The summed E-state index contributed by atoms with van der Waals surface area (Å²) in [6.07, 6.45) is 1.05. The van der Waals surface area contributed by atoms with Crippen molar-refractivity contribution < 1.29 is 10.2 Å². The van der Waals surface area contributed by atoms with Gasteiger partial charge in [-0.05, 0) is 38.0 Å². The van der Waals surface area contributed by atoms with E-state index in [4.69, 9.17) is 0 Å². The van der Waals surface area contributed by atoms with E-state index in [0.717, 1.165) is 12.0 Å². The van der Waals surface area contributed by atoms with Crippen LogP contribution < -0.4 is 5.32 Å². The van der Waals surface area contributed by atoms with E-state index >= 15 is 0 Å². The van der Waals surface area contributed by atoms with Crippen LogP contribution in [0, 0.1) is 0 Å². The number of aromatic hydroxyl groups is 2. The SMILES string of the molecule is CCC(C)NC(C)c1cc(O)cc(O)c1. The third-order valence-corrected chi connectivity index (χ3v) is 2.57. The topological polar surface area (TPSA) is 52.5 Å². The van der Waals surface area contributed by atoms with Gasteiger partial charge in [-0.2, -0.15) is 0 Å². The molecule has 0 saturated heterocycles. The Bertz CT molecular complexity index is 305. The maximum atomic E-state index is 9.35. The Morgan fingerprint density at radius 1 is 1.13 bits per heavy atom. The van der Waals surface area contributed by atoms with Gasteiger partial charge in [0.1, 0.15) is 11.5 Å². The van der Waals surface area contributed by atoms with Gasteiger partial charge in [0.25, 0.3) is 0 Å². The van der Waals surface area contributed by atoms with Crippen molar-refractivity contribution in [1.82, 2.24) is 5.32 Å². The van der Waals surface area contributed by atoms with Gasteiger partial charge in [0.2, 0.25) is 0 Å². The molecule has 0 spiro atoms. The molecule has 0 aliphatic heterocycles. The number of phenolic OH excluding ortho intramolecular Hbond substituents is 2. The van der Waals surface area contributed by atoms with Gasteiger partial charge in [0.15, 0.2) is 0 Å². The average molecular weight is 209 g/mol. The van der Waals surface area contributed by atoms with E-state index in [0.29, 0.717) is 6.04 Å². The fourth-order valence-corrected chi connectivity index (χ4v) is 1.51. The number of hydrogen-bond acceptors (Lipinski definition) is 3. The zero-order valence-corrected chi connectivity index (χ0v) is 9.49. The first-order chi connectivity index (χ1) is 7.02. The fourth-order valence-electron chi connectivity index (χ4n) is 1.51. The predicted molar refractivity (Wildman–Crippen MR) is 61.1 cm³/mol. The lowest BCUT2D eigenvalue weighted by Crippen LogP contribution is -2.28. The van der Waals surface area contributed by atoms with E-state index in [1.54, 1.807) is 12.1 Å². The van der Waals surface area contributed by atoms with Crippen molar-refractivity contribution >= 4 is 0 Å². The molecule has 3 nitrogen and oxygen atoms in total. The zero-order valence-electron chi connectivity index (χ0n) is 9.49. The largest absolute Gasteiger partial charge is 0.508 e. The molecule has 84 valence electrons. The quantitative estimate of drug-likeness (QED) is 0.714. The number of nitrogens with one attached hydrogen (secondary N) is 1. The molecule has 0 bridgehead atoms. The van der Waals surface area contributed by atoms with E-state index in [9.17, 15) is 10.2 Å². The second kappa shape index (κ2) is 5.03. The van der Waals surface area contributed by atoms with Crippen LogP contribution in [-0.2, 0) is 0 Å². The highest BCUT2D eigenvalue weighted by Crippen LogP contribution is 2.24. The summed E-state index contributed by atoms with van der Waals surface area (Å²) in [4.78, 5) is 0. The van der Waals surface area contributed by atoms with Gasteiger partial charge in [-0.3, -0.25) is 0 Å². The first-order valence-corrected chi connectivity index (χ1v) is 5.32. The fraction of sp³-hybridized carbons (Fsp3) is 0.500. The summed E-state index contributed by atoms with van der Waals surface area (Å²) in [5, 5.41) is 22.1. The molecule has 0 aliphatic rings. The maximum Gasteiger partial charge on any atom is 0.119 e. The molecule has 1 rings (SSSR count). The van der Waals surface area contributed by atoms with E-state index in [2.05, 4.69) is 19.2 Å². The second-order valence-corrected chi connectivity index (χ2v) is 3.98. The van der Waals surface area contributed by atoms with Crippen molar-refractivity contribution in [2.75, 3.05) is 0 Å². The monoisotopic (exact) mass is 209 g/mol. The Labute approximate surface area is 90.8 Å². The van der Waals surface area contributed by atoms with Gasteiger partial charge in [0.05, 0.1) is 0 Å². The Kier molecular flexibility index (Phi) is 3.97. The summed E-state index contributed by atoms with van der Waals surface area (Å²) < 4.78 is 0. The van der Waals surface area contributed by atoms with Crippen LogP contribution in [0.1, 0.15) is 38.8 Å². The highest BCUT2D eigenvalue weighted by atomic mass is 16.3. The second-order valence-electron chi connectivity index (χ2n) is 3.98. The lowest BCUT2D eigenvalue weighted by Gasteiger charge is -2.19. The van der Waals surface area contributed by atoms with Crippen LogP contribution in [0.5, 0.6) is 11.5 Å². The van der Waals surface area contributed by atoms with Crippen molar-refractivity contribution in [3.05, 3.63) is 23.8 Å². The molecule has 0 heterocycles. The smallest absolute Gasteiger partial charge is 0.119 e. The molecule has 1 aromatic carbocycles. The third kappa shape index (κ3) is 3.44. The Balaban J connectivity index is 2.77. The van der Waals surface area contributed by atoms with Crippen LogP contribution >= 0.6 is 0 Å². The molecule has 15 heavy (non-hydrogen) atoms. The van der Waals surface area contributed by atoms with Crippen LogP contribution in [0.3, 0.4) is 0 Å². The number of phenols is 2. The summed E-state index contributed by atoms with van der Waals surface area (Å²) in [6.45, 7) is 6.24. The van der Waals surface area contributed by atoms with Crippen LogP contribution in [0.2, 0.25) is 0 Å². The van der Waals surface area contributed by atoms with Crippen LogP contribution in [0.4, 0.5) is 0 Å². The van der Waals surface area contributed by atoms with Gasteiger partial charge in [-0.1, -0.05) is 6.92 Å². The first kappa shape index (κ1) is 11.9. The van der Waals surface area contributed by atoms with Crippen LogP contribution in [0.25, 0.3) is 0 Å². The van der Waals surface area contributed by atoms with E-state index in [-0.39, 0.29) is 17.5 Å². The summed E-state index contributed by atoms with van der Waals surface area (Å²) in [6, 6.07) is 5.21. The number of benzene rings is 1. The Hall–Kier alpha value is -1.22. The van der Waals surface area contributed by atoms with Gasteiger partial charge in [-0.15, -0.1) is 0 Å². The lowest BCUT2D eigenvalue weighted by atomic mass is 10.1. The molecule has 0 fully saturated rings. The van der Waals surface area contributed by atoms with Crippen molar-refractivity contribution in [1.29, 1.82) is 0 Å². The molecule has 2 unspecified atom stereocenters. The molecular formula is C12H19NO2.